The second kappa shape index (κ2) is 6.11. The fourth-order valence-corrected chi connectivity index (χ4v) is 3.48. The normalized spacial score (nSPS) is 29.4. The van der Waals surface area contributed by atoms with Crippen LogP contribution in [0, 0.1) is 11.8 Å². The summed E-state index contributed by atoms with van der Waals surface area (Å²) in [5.41, 5.74) is -0.162. The molecule has 1 heterocycles. The van der Waals surface area contributed by atoms with Crippen molar-refractivity contribution in [2.24, 2.45) is 11.8 Å². The fraction of sp³-hybridized carbons (Fsp3) is 1.00. The van der Waals surface area contributed by atoms with E-state index < -0.39 is 0 Å². The van der Waals surface area contributed by atoms with Gasteiger partial charge in [-0.2, -0.15) is 0 Å². The van der Waals surface area contributed by atoms with Crippen molar-refractivity contribution in [1.29, 1.82) is 0 Å². The summed E-state index contributed by atoms with van der Waals surface area (Å²) in [6, 6.07) is 0.406. The first-order valence-corrected chi connectivity index (χ1v) is 7.66. The van der Waals surface area contributed by atoms with Crippen molar-refractivity contribution in [2.75, 3.05) is 27.2 Å². The summed E-state index contributed by atoms with van der Waals surface area (Å²) in [5, 5.41) is 3.48. The van der Waals surface area contributed by atoms with Gasteiger partial charge in [0.1, 0.15) is 0 Å². The molecule has 0 radical (unpaired) electrons. The number of ether oxygens (including phenoxy) is 1. The summed E-state index contributed by atoms with van der Waals surface area (Å²) in [7, 11) is 4.29. The Morgan fingerprint density at radius 3 is 2.21 bits per heavy atom. The molecule has 2 unspecified atom stereocenters. The van der Waals surface area contributed by atoms with E-state index >= 15 is 0 Å². The third-order valence-corrected chi connectivity index (χ3v) is 4.48. The van der Waals surface area contributed by atoms with Crippen LogP contribution < -0.4 is 5.32 Å². The zero-order valence-corrected chi connectivity index (χ0v) is 14.2. The minimum Gasteiger partial charge on any atom is -0.368 e. The van der Waals surface area contributed by atoms with Gasteiger partial charge >= 0.3 is 0 Å². The summed E-state index contributed by atoms with van der Waals surface area (Å²) in [6.07, 6.45) is 1.26. The van der Waals surface area contributed by atoms with E-state index in [9.17, 15) is 0 Å². The summed E-state index contributed by atoms with van der Waals surface area (Å²) >= 11 is 0. The smallest absolute Gasteiger partial charge is 0.0790 e. The second-order valence-corrected chi connectivity index (χ2v) is 7.63. The molecule has 1 fully saturated rings. The molecule has 0 aliphatic carbocycles. The van der Waals surface area contributed by atoms with Crippen LogP contribution in [0.3, 0.4) is 0 Å². The Bertz CT molecular complexity index is 286. The van der Waals surface area contributed by atoms with E-state index in [2.05, 4.69) is 65.9 Å². The van der Waals surface area contributed by atoms with Crippen LogP contribution in [0.2, 0.25) is 0 Å². The van der Waals surface area contributed by atoms with Crippen LogP contribution in [-0.4, -0.2) is 49.3 Å². The number of hydrogen-bond acceptors (Lipinski definition) is 3. The van der Waals surface area contributed by atoms with Crippen molar-refractivity contribution in [2.45, 2.75) is 65.2 Å². The lowest BCUT2D eigenvalue weighted by Gasteiger charge is -2.33. The maximum absolute atomic E-state index is 6.29. The zero-order valence-electron chi connectivity index (χ0n) is 14.2. The average Bonchev–Trinajstić information content (AvgIpc) is 2.40. The first-order chi connectivity index (χ1) is 8.60. The van der Waals surface area contributed by atoms with Crippen molar-refractivity contribution in [3.05, 3.63) is 0 Å². The van der Waals surface area contributed by atoms with Gasteiger partial charge in [0, 0.05) is 18.5 Å². The molecule has 114 valence electrons. The van der Waals surface area contributed by atoms with Crippen LogP contribution in [0.25, 0.3) is 0 Å². The van der Waals surface area contributed by atoms with Gasteiger partial charge in [0.15, 0.2) is 0 Å². The lowest BCUT2D eigenvalue weighted by atomic mass is 9.82. The van der Waals surface area contributed by atoms with Gasteiger partial charge in [0.2, 0.25) is 0 Å². The van der Waals surface area contributed by atoms with E-state index in [0.29, 0.717) is 12.0 Å². The number of rotatable bonds is 6. The van der Waals surface area contributed by atoms with Gasteiger partial charge in [-0.25, -0.2) is 0 Å². The van der Waals surface area contributed by atoms with Crippen LogP contribution in [0.1, 0.15) is 48.0 Å². The summed E-state index contributed by atoms with van der Waals surface area (Å²) in [4.78, 5) is 2.46. The molecule has 3 nitrogen and oxygen atoms in total. The van der Waals surface area contributed by atoms with Crippen LogP contribution in [-0.2, 0) is 4.74 Å². The molecule has 2 atom stereocenters. The monoisotopic (exact) mass is 270 g/mol. The Morgan fingerprint density at radius 1 is 1.16 bits per heavy atom. The first-order valence-electron chi connectivity index (χ1n) is 7.66. The average molecular weight is 270 g/mol. The van der Waals surface area contributed by atoms with Gasteiger partial charge in [-0.05, 0) is 60.7 Å². The maximum Gasteiger partial charge on any atom is 0.0790 e. The predicted molar refractivity (Wildman–Crippen MR) is 82.5 cm³/mol. The molecule has 1 saturated heterocycles. The van der Waals surface area contributed by atoms with Crippen molar-refractivity contribution in [3.8, 4) is 0 Å². The summed E-state index contributed by atoms with van der Waals surface area (Å²) in [5.74, 6) is 1.29. The molecular formula is C16H34N2O. The maximum atomic E-state index is 6.29. The molecule has 1 N–H and O–H groups in total. The van der Waals surface area contributed by atoms with Crippen LogP contribution in [0.15, 0.2) is 0 Å². The Kier molecular flexibility index (Phi) is 5.44. The van der Waals surface area contributed by atoms with Crippen LogP contribution in [0.5, 0.6) is 0 Å². The van der Waals surface area contributed by atoms with Gasteiger partial charge in [-0.1, -0.05) is 13.8 Å². The quantitative estimate of drug-likeness (QED) is 0.803. The summed E-state index contributed by atoms with van der Waals surface area (Å²) < 4.78 is 6.29. The topological polar surface area (TPSA) is 24.5 Å². The molecule has 0 aromatic rings. The Balaban J connectivity index is 2.68. The summed E-state index contributed by atoms with van der Waals surface area (Å²) in [6.45, 7) is 15.7. The standard InChI is InChI=1S/C16H34N2O/c1-12(2)9-10-18(8)11-13-14(17-7)16(5,6)19-15(13,3)4/h12-14,17H,9-11H2,1-8H3. The van der Waals surface area contributed by atoms with E-state index in [1.54, 1.807) is 0 Å². The number of hydrogen-bond donors (Lipinski definition) is 1. The molecule has 0 aromatic carbocycles. The van der Waals surface area contributed by atoms with Gasteiger partial charge in [0.25, 0.3) is 0 Å². The molecule has 0 saturated carbocycles. The predicted octanol–water partition coefficient (Wildman–Crippen LogP) is 2.76. The molecule has 3 heteroatoms. The third-order valence-electron chi connectivity index (χ3n) is 4.48. The van der Waals surface area contributed by atoms with E-state index in [0.717, 1.165) is 12.5 Å². The van der Waals surface area contributed by atoms with Gasteiger partial charge in [0.05, 0.1) is 11.2 Å². The largest absolute Gasteiger partial charge is 0.368 e. The fourth-order valence-electron chi connectivity index (χ4n) is 3.48. The second-order valence-electron chi connectivity index (χ2n) is 7.63. The van der Waals surface area contributed by atoms with E-state index in [4.69, 9.17) is 4.74 Å². The van der Waals surface area contributed by atoms with Crippen molar-refractivity contribution in [3.63, 3.8) is 0 Å². The minimum atomic E-state index is -0.0954. The third kappa shape index (κ3) is 4.17. The SMILES string of the molecule is CNC1C(CN(C)CCC(C)C)C(C)(C)OC1(C)C. The Labute approximate surface area is 120 Å². The molecule has 0 spiro atoms. The van der Waals surface area contributed by atoms with Gasteiger partial charge in [-0.15, -0.1) is 0 Å². The molecule has 19 heavy (non-hydrogen) atoms. The number of nitrogens with zero attached hydrogens (tertiary/aromatic N) is 1. The highest BCUT2D eigenvalue weighted by atomic mass is 16.5. The lowest BCUT2D eigenvalue weighted by molar-refractivity contribution is -0.0790. The van der Waals surface area contributed by atoms with E-state index in [1.807, 2.05) is 0 Å². The highest BCUT2D eigenvalue weighted by Crippen LogP contribution is 2.42. The highest BCUT2D eigenvalue weighted by molar-refractivity contribution is 5.05. The highest BCUT2D eigenvalue weighted by Gasteiger charge is 2.53. The van der Waals surface area contributed by atoms with Gasteiger partial charge in [-0.3, -0.25) is 0 Å². The Hall–Kier alpha value is -0.120. The van der Waals surface area contributed by atoms with Crippen LogP contribution in [0.4, 0.5) is 0 Å². The minimum absolute atomic E-state index is 0.0662. The molecule has 0 aromatic heterocycles. The van der Waals surface area contributed by atoms with Crippen LogP contribution >= 0.6 is 0 Å². The Morgan fingerprint density at radius 2 is 1.74 bits per heavy atom. The molecule has 1 aliphatic heterocycles. The van der Waals surface area contributed by atoms with E-state index in [-0.39, 0.29) is 11.2 Å². The van der Waals surface area contributed by atoms with E-state index in [1.165, 1.54) is 13.0 Å². The van der Waals surface area contributed by atoms with Crippen molar-refractivity contribution >= 4 is 0 Å². The van der Waals surface area contributed by atoms with Gasteiger partial charge < -0.3 is 15.0 Å². The molecular weight excluding hydrogens is 236 g/mol. The molecule has 0 bridgehead atoms. The first kappa shape index (κ1) is 16.9. The number of likely N-dealkylation sites (N-methyl/N-ethyl adjacent to an activating group) is 1. The molecule has 1 rings (SSSR count). The van der Waals surface area contributed by atoms with Crippen molar-refractivity contribution < 1.29 is 4.74 Å². The van der Waals surface area contributed by atoms with Crippen molar-refractivity contribution in [1.82, 2.24) is 10.2 Å². The lowest BCUT2D eigenvalue weighted by Crippen LogP contribution is -2.49. The number of nitrogens with one attached hydrogen (secondary N) is 1. The molecule has 1 aliphatic rings. The zero-order chi connectivity index (χ0) is 14.8. The molecule has 0 amide bonds.